The first-order chi connectivity index (χ1) is 12.6. The number of nitrogens with zero attached hydrogens (tertiary/aromatic N) is 1. The van der Waals surface area contributed by atoms with E-state index < -0.39 is 0 Å². The van der Waals surface area contributed by atoms with Gasteiger partial charge in [0.05, 0.1) is 20.4 Å². The molecule has 0 fully saturated rings. The van der Waals surface area contributed by atoms with Gasteiger partial charge in [-0.25, -0.2) is 5.43 Å². The van der Waals surface area contributed by atoms with E-state index in [4.69, 9.17) is 9.47 Å². The molecule has 0 aromatic heterocycles. The molecule has 0 radical (unpaired) electrons. The summed E-state index contributed by atoms with van der Waals surface area (Å²) in [6.07, 6.45) is 2.17. The lowest BCUT2D eigenvalue weighted by atomic mass is 10.2. The summed E-state index contributed by atoms with van der Waals surface area (Å²) < 4.78 is 11.4. The summed E-state index contributed by atoms with van der Waals surface area (Å²) in [5.74, 6) is 1.09. The quantitative estimate of drug-likeness (QED) is 0.503. The Morgan fingerprint density at radius 2 is 1.92 bits per heavy atom. The minimum atomic E-state index is -0.383. The summed E-state index contributed by atoms with van der Waals surface area (Å²) in [6, 6.07) is 12.6. The first kappa shape index (κ1) is 19.8. The van der Waals surface area contributed by atoms with Gasteiger partial charge in [-0.15, -0.1) is 0 Å². The van der Waals surface area contributed by atoms with Crippen LogP contribution in [0.1, 0.15) is 18.9 Å². The van der Waals surface area contributed by atoms with Crippen molar-refractivity contribution >= 4 is 33.7 Å². The number of hydrogen-bond donors (Lipinski definition) is 2. The number of nitrogens with one attached hydrogen (secondary N) is 2. The molecule has 1 atom stereocenters. The Balaban J connectivity index is 1.99. The molecule has 2 aromatic carbocycles. The maximum atomic E-state index is 12.3. The molecule has 6 nitrogen and oxygen atoms in total. The number of anilines is 1. The summed E-state index contributed by atoms with van der Waals surface area (Å²) in [4.78, 5) is 12.3. The molecule has 2 rings (SSSR count). The van der Waals surface area contributed by atoms with E-state index in [1.54, 1.807) is 32.6 Å². The Morgan fingerprint density at radius 1 is 1.19 bits per heavy atom. The maximum absolute atomic E-state index is 12.3. The summed E-state index contributed by atoms with van der Waals surface area (Å²) in [5.41, 5.74) is 4.18. The number of halogens is 1. The number of rotatable bonds is 8. The molecular weight excluding hydrogens is 398 g/mol. The van der Waals surface area contributed by atoms with Crippen molar-refractivity contribution in [3.05, 3.63) is 52.5 Å². The van der Waals surface area contributed by atoms with Crippen LogP contribution in [0.3, 0.4) is 0 Å². The third kappa shape index (κ3) is 5.49. The van der Waals surface area contributed by atoms with Gasteiger partial charge in [0, 0.05) is 21.8 Å². The zero-order valence-electron chi connectivity index (χ0n) is 15.0. The van der Waals surface area contributed by atoms with Gasteiger partial charge in [-0.1, -0.05) is 22.9 Å². The van der Waals surface area contributed by atoms with E-state index in [1.807, 2.05) is 37.3 Å². The van der Waals surface area contributed by atoms with Crippen LogP contribution in [0.2, 0.25) is 0 Å². The molecule has 26 heavy (non-hydrogen) atoms. The number of carbonyl (C=O) groups excluding carboxylic acids is 1. The van der Waals surface area contributed by atoms with E-state index in [0.717, 1.165) is 15.7 Å². The second-order valence-electron chi connectivity index (χ2n) is 5.45. The van der Waals surface area contributed by atoms with Crippen LogP contribution >= 0.6 is 15.9 Å². The van der Waals surface area contributed by atoms with Crippen LogP contribution in [0.4, 0.5) is 5.69 Å². The van der Waals surface area contributed by atoms with E-state index >= 15 is 0 Å². The minimum absolute atomic E-state index is 0.209. The molecule has 0 unspecified atom stereocenters. The topological polar surface area (TPSA) is 72.0 Å². The Kier molecular flexibility index (Phi) is 7.47. The highest BCUT2D eigenvalue weighted by molar-refractivity contribution is 9.10. The fourth-order valence-electron chi connectivity index (χ4n) is 2.27. The van der Waals surface area contributed by atoms with E-state index in [1.165, 1.54) is 0 Å². The average Bonchev–Trinajstić information content (AvgIpc) is 2.67. The lowest BCUT2D eigenvalue weighted by Crippen LogP contribution is -2.36. The Hall–Kier alpha value is -2.54. The summed E-state index contributed by atoms with van der Waals surface area (Å²) in [7, 11) is 3.16. The zero-order valence-corrected chi connectivity index (χ0v) is 16.5. The van der Waals surface area contributed by atoms with Crippen molar-refractivity contribution in [3.63, 3.8) is 0 Å². The highest BCUT2D eigenvalue weighted by atomic mass is 79.9. The van der Waals surface area contributed by atoms with Crippen molar-refractivity contribution in [2.75, 3.05) is 19.5 Å². The molecule has 2 aromatic rings. The number of benzene rings is 2. The molecule has 2 N–H and O–H groups in total. The van der Waals surface area contributed by atoms with Crippen LogP contribution in [0.15, 0.2) is 52.0 Å². The van der Waals surface area contributed by atoms with Crippen LogP contribution in [0.25, 0.3) is 0 Å². The second-order valence-corrected chi connectivity index (χ2v) is 6.37. The van der Waals surface area contributed by atoms with E-state index in [9.17, 15) is 4.79 Å². The van der Waals surface area contributed by atoms with Crippen LogP contribution in [-0.4, -0.2) is 32.4 Å². The number of hydrogen-bond acceptors (Lipinski definition) is 5. The molecule has 0 aliphatic heterocycles. The highest BCUT2D eigenvalue weighted by Gasteiger charge is 2.15. The lowest BCUT2D eigenvalue weighted by Gasteiger charge is -2.16. The molecule has 0 aliphatic rings. The third-order valence-corrected chi connectivity index (χ3v) is 4.26. The molecule has 0 spiro atoms. The Bertz CT molecular complexity index is 763. The smallest absolute Gasteiger partial charge is 0.262 e. The SMILES string of the molecule is CC[C@@H](Nc1ccc(Br)cc1)C(=O)N/N=C\c1ccc(OC)cc1OC. The Labute approximate surface area is 161 Å². The molecule has 0 bridgehead atoms. The van der Waals surface area contributed by atoms with Gasteiger partial charge in [0.1, 0.15) is 17.5 Å². The average molecular weight is 420 g/mol. The number of amides is 1. The van der Waals surface area contributed by atoms with Gasteiger partial charge in [-0.2, -0.15) is 5.10 Å². The predicted molar refractivity (Wildman–Crippen MR) is 107 cm³/mol. The van der Waals surface area contributed by atoms with Gasteiger partial charge in [-0.05, 0) is 42.8 Å². The first-order valence-corrected chi connectivity index (χ1v) is 8.93. The molecule has 0 aliphatic carbocycles. The van der Waals surface area contributed by atoms with Gasteiger partial charge in [0.15, 0.2) is 0 Å². The fraction of sp³-hybridized carbons (Fsp3) is 0.263. The molecule has 0 heterocycles. The Morgan fingerprint density at radius 3 is 2.54 bits per heavy atom. The normalized spacial score (nSPS) is 11.8. The molecular formula is C19H22BrN3O3. The molecule has 0 saturated carbocycles. The van der Waals surface area contributed by atoms with Crippen molar-refractivity contribution < 1.29 is 14.3 Å². The van der Waals surface area contributed by atoms with Gasteiger partial charge in [0.25, 0.3) is 5.91 Å². The molecule has 1 amide bonds. The van der Waals surface area contributed by atoms with Gasteiger partial charge in [0.2, 0.25) is 0 Å². The fourth-order valence-corrected chi connectivity index (χ4v) is 2.53. The number of ether oxygens (including phenoxy) is 2. The monoisotopic (exact) mass is 419 g/mol. The third-order valence-electron chi connectivity index (χ3n) is 3.73. The van der Waals surface area contributed by atoms with E-state index in [-0.39, 0.29) is 11.9 Å². The maximum Gasteiger partial charge on any atom is 0.262 e. The molecule has 0 saturated heterocycles. The number of carbonyl (C=O) groups is 1. The van der Waals surface area contributed by atoms with E-state index in [2.05, 4.69) is 31.8 Å². The largest absolute Gasteiger partial charge is 0.497 e. The van der Waals surface area contributed by atoms with Crippen molar-refractivity contribution in [3.8, 4) is 11.5 Å². The number of hydrazone groups is 1. The van der Waals surface area contributed by atoms with Crippen molar-refractivity contribution in [2.45, 2.75) is 19.4 Å². The van der Waals surface area contributed by atoms with Crippen LogP contribution in [-0.2, 0) is 4.79 Å². The first-order valence-electron chi connectivity index (χ1n) is 8.14. The molecule has 138 valence electrons. The summed E-state index contributed by atoms with van der Waals surface area (Å²) >= 11 is 3.39. The second kappa shape index (κ2) is 9.82. The lowest BCUT2D eigenvalue weighted by molar-refractivity contribution is -0.121. The minimum Gasteiger partial charge on any atom is -0.497 e. The van der Waals surface area contributed by atoms with Gasteiger partial charge < -0.3 is 14.8 Å². The van der Waals surface area contributed by atoms with Crippen LogP contribution in [0.5, 0.6) is 11.5 Å². The van der Waals surface area contributed by atoms with Gasteiger partial charge >= 0.3 is 0 Å². The summed E-state index contributed by atoms with van der Waals surface area (Å²) in [5, 5.41) is 7.23. The van der Waals surface area contributed by atoms with Crippen molar-refractivity contribution in [2.24, 2.45) is 5.10 Å². The van der Waals surface area contributed by atoms with Gasteiger partial charge in [-0.3, -0.25) is 4.79 Å². The summed E-state index contributed by atoms with van der Waals surface area (Å²) in [6.45, 7) is 1.94. The van der Waals surface area contributed by atoms with Crippen LogP contribution in [0, 0.1) is 0 Å². The predicted octanol–water partition coefficient (Wildman–Crippen LogP) is 3.81. The highest BCUT2D eigenvalue weighted by Crippen LogP contribution is 2.23. The van der Waals surface area contributed by atoms with E-state index in [0.29, 0.717) is 17.9 Å². The number of methoxy groups -OCH3 is 2. The van der Waals surface area contributed by atoms with Crippen molar-refractivity contribution in [1.29, 1.82) is 0 Å². The standard InChI is InChI=1S/C19H22BrN3O3/c1-4-17(22-15-8-6-14(20)7-9-15)19(24)23-21-12-13-5-10-16(25-2)11-18(13)26-3/h5-12,17,22H,4H2,1-3H3,(H,23,24)/b21-12-/t17-/m1/s1. The van der Waals surface area contributed by atoms with Crippen LogP contribution < -0.4 is 20.2 Å². The zero-order chi connectivity index (χ0) is 18.9. The molecule has 7 heteroatoms. The van der Waals surface area contributed by atoms with Crippen molar-refractivity contribution in [1.82, 2.24) is 5.43 Å².